The Hall–Kier alpha value is -3.85. The van der Waals surface area contributed by atoms with E-state index >= 15 is 0 Å². The van der Waals surface area contributed by atoms with Crippen molar-refractivity contribution in [3.05, 3.63) is 103 Å². The Labute approximate surface area is 195 Å². The van der Waals surface area contributed by atoms with E-state index in [0.29, 0.717) is 0 Å². The van der Waals surface area contributed by atoms with E-state index in [-0.39, 0.29) is 0 Å². The van der Waals surface area contributed by atoms with E-state index in [1.807, 2.05) is 24.5 Å². The molecule has 0 amide bonds. The first-order chi connectivity index (χ1) is 16.3. The highest BCUT2D eigenvalue weighted by molar-refractivity contribution is 5.85. The summed E-state index contributed by atoms with van der Waals surface area (Å²) in [6.45, 7) is 2.24. The van der Waals surface area contributed by atoms with Crippen LogP contribution in [0, 0.1) is 0 Å². The monoisotopic (exact) mass is 429 g/mol. The maximum Gasteiger partial charge on any atom is 0.159 e. The van der Waals surface area contributed by atoms with E-state index in [0.717, 1.165) is 40.0 Å². The molecular weight excluding hydrogens is 402 g/mol. The molecule has 0 aliphatic rings. The largest absolute Gasteiger partial charge is 0.256 e. The van der Waals surface area contributed by atoms with E-state index in [1.165, 1.54) is 36.0 Å². The van der Waals surface area contributed by atoms with Crippen molar-refractivity contribution in [2.24, 2.45) is 0 Å². The molecule has 0 aliphatic carbocycles. The van der Waals surface area contributed by atoms with Crippen LogP contribution in [0.5, 0.6) is 0 Å². The predicted octanol–water partition coefficient (Wildman–Crippen LogP) is 7.76. The molecule has 5 rings (SSSR count). The molecule has 3 aromatic carbocycles. The number of hydrogen-bond acceptors (Lipinski definition) is 3. The highest BCUT2D eigenvalue weighted by atomic mass is 14.9. The molecule has 3 heteroatoms. The van der Waals surface area contributed by atoms with Crippen LogP contribution < -0.4 is 0 Å². The van der Waals surface area contributed by atoms with E-state index < -0.39 is 0 Å². The summed E-state index contributed by atoms with van der Waals surface area (Å²) in [5.41, 5.74) is 7.72. The molecule has 33 heavy (non-hydrogen) atoms. The van der Waals surface area contributed by atoms with Gasteiger partial charge in [0.05, 0.1) is 11.2 Å². The number of pyridine rings is 1. The third-order valence-electron chi connectivity index (χ3n) is 6.02. The summed E-state index contributed by atoms with van der Waals surface area (Å²) >= 11 is 0. The molecule has 0 spiro atoms. The van der Waals surface area contributed by atoms with Crippen LogP contribution in [0.4, 0.5) is 0 Å². The van der Waals surface area contributed by atoms with Gasteiger partial charge in [-0.2, -0.15) is 0 Å². The third kappa shape index (κ3) is 4.83. The summed E-state index contributed by atoms with van der Waals surface area (Å²) in [5.74, 6) is 0.717. The summed E-state index contributed by atoms with van der Waals surface area (Å²) in [6, 6.07) is 29.5. The third-order valence-corrected chi connectivity index (χ3v) is 6.02. The Morgan fingerprint density at radius 3 is 2.30 bits per heavy atom. The molecule has 0 aliphatic heterocycles. The fourth-order valence-corrected chi connectivity index (χ4v) is 4.13. The highest BCUT2D eigenvalue weighted by Gasteiger charge is 2.08. The predicted molar refractivity (Wildman–Crippen MR) is 137 cm³/mol. The molecule has 0 N–H and O–H groups in total. The van der Waals surface area contributed by atoms with Gasteiger partial charge in [0.15, 0.2) is 5.82 Å². The van der Waals surface area contributed by atoms with Gasteiger partial charge in [0.2, 0.25) is 0 Å². The smallest absolute Gasteiger partial charge is 0.159 e. The summed E-state index contributed by atoms with van der Waals surface area (Å²) < 4.78 is 0. The number of fused-ring (bicyclic) bond motifs is 1. The van der Waals surface area contributed by atoms with Gasteiger partial charge in [0, 0.05) is 28.9 Å². The van der Waals surface area contributed by atoms with Gasteiger partial charge in [-0.1, -0.05) is 80.4 Å². The van der Waals surface area contributed by atoms with Crippen molar-refractivity contribution in [3.8, 4) is 33.8 Å². The Morgan fingerprint density at radius 2 is 1.48 bits per heavy atom. The molecule has 162 valence electrons. The topological polar surface area (TPSA) is 38.7 Å². The van der Waals surface area contributed by atoms with Gasteiger partial charge in [0.25, 0.3) is 0 Å². The maximum atomic E-state index is 4.83. The summed E-state index contributed by atoms with van der Waals surface area (Å²) in [5, 5.41) is 1.04. The molecule has 0 radical (unpaired) electrons. The average molecular weight is 430 g/mol. The van der Waals surface area contributed by atoms with Crippen molar-refractivity contribution in [2.45, 2.75) is 32.6 Å². The molecule has 2 heterocycles. The number of nitrogens with zero attached hydrogens (tertiary/aromatic N) is 3. The molecule has 5 aromatic rings. The van der Waals surface area contributed by atoms with Gasteiger partial charge in [-0.05, 0) is 53.8 Å². The first-order valence-corrected chi connectivity index (χ1v) is 11.7. The van der Waals surface area contributed by atoms with Crippen LogP contribution in [0.15, 0.2) is 97.3 Å². The Bertz CT molecular complexity index is 1360. The molecule has 0 atom stereocenters. The molecule has 0 fully saturated rings. The molecule has 0 saturated heterocycles. The van der Waals surface area contributed by atoms with Crippen molar-refractivity contribution in [2.75, 3.05) is 0 Å². The number of aromatic nitrogens is 3. The zero-order valence-corrected chi connectivity index (χ0v) is 18.9. The number of aryl methyl sites for hydroxylation is 1. The summed E-state index contributed by atoms with van der Waals surface area (Å²) in [6.07, 6.45) is 8.67. The van der Waals surface area contributed by atoms with Gasteiger partial charge >= 0.3 is 0 Å². The fraction of sp³-hybridized carbons (Fsp3) is 0.167. The zero-order chi connectivity index (χ0) is 22.5. The highest BCUT2D eigenvalue weighted by Crippen LogP contribution is 2.27. The zero-order valence-electron chi connectivity index (χ0n) is 18.9. The molecule has 0 unspecified atom stereocenters. The fourth-order valence-electron chi connectivity index (χ4n) is 4.13. The molecular formula is C30H27N3. The van der Waals surface area contributed by atoms with Gasteiger partial charge in [0.1, 0.15) is 0 Å². The van der Waals surface area contributed by atoms with E-state index in [9.17, 15) is 0 Å². The second-order valence-corrected chi connectivity index (χ2v) is 8.42. The van der Waals surface area contributed by atoms with Crippen LogP contribution in [-0.4, -0.2) is 15.0 Å². The lowest BCUT2D eigenvalue weighted by Gasteiger charge is -2.07. The maximum absolute atomic E-state index is 4.83. The normalized spacial score (nSPS) is 11.1. The second-order valence-electron chi connectivity index (χ2n) is 8.42. The van der Waals surface area contributed by atoms with Gasteiger partial charge in [-0.15, -0.1) is 0 Å². The van der Waals surface area contributed by atoms with Crippen molar-refractivity contribution >= 4 is 10.9 Å². The quantitative estimate of drug-likeness (QED) is 0.248. The lowest BCUT2D eigenvalue weighted by Crippen LogP contribution is -1.92. The first-order valence-electron chi connectivity index (χ1n) is 11.7. The van der Waals surface area contributed by atoms with Crippen molar-refractivity contribution in [3.63, 3.8) is 0 Å². The van der Waals surface area contributed by atoms with Crippen LogP contribution >= 0.6 is 0 Å². The minimum atomic E-state index is 0.717. The summed E-state index contributed by atoms with van der Waals surface area (Å²) in [4.78, 5) is 14.1. The van der Waals surface area contributed by atoms with Gasteiger partial charge in [-0.25, -0.2) is 9.97 Å². The minimum Gasteiger partial charge on any atom is -0.256 e. The average Bonchev–Trinajstić information content (AvgIpc) is 2.89. The summed E-state index contributed by atoms with van der Waals surface area (Å²) in [7, 11) is 0. The van der Waals surface area contributed by atoms with Gasteiger partial charge in [-0.3, -0.25) is 4.98 Å². The van der Waals surface area contributed by atoms with Gasteiger partial charge < -0.3 is 0 Å². The van der Waals surface area contributed by atoms with Crippen molar-refractivity contribution in [1.29, 1.82) is 0 Å². The number of unbranched alkanes of at least 4 members (excludes halogenated alkanes) is 2. The molecule has 0 bridgehead atoms. The lowest BCUT2D eigenvalue weighted by atomic mass is 10.0. The van der Waals surface area contributed by atoms with E-state index in [2.05, 4.69) is 89.7 Å². The number of benzene rings is 3. The van der Waals surface area contributed by atoms with Crippen molar-refractivity contribution in [1.82, 2.24) is 15.0 Å². The van der Waals surface area contributed by atoms with Crippen LogP contribution in [0.25, 0.3) is 44.7 Å². The van der Waals surface area contributed by atoms with E-state index in [4.69, 9.17) is 4.98 Å². The SMILES string of the molecule is CCCCCc1ccc(-c2cc(-c3ncc4cc(-c5ccccc5)ccc4n3)ccn2)cc1. The molecule has 0 saturated carbocycles. The minimum absolute atomic E-state index is 0.717. The second kappa shape index (κ2) is 9.74. The Kier molecular flexibility index (Phi) is 6.21. The van der Waals surface area contributed by atoms with Crippen LogP contribution in [0.2, 0.25) is 0 Å². The molecule has 3 nitrogen and oxygen atoms in total. The van der Waals surface area contributed by atoms with Crippen molar-refractivity contribution < 1.29 is 0 Å². The Morgan fingerprint density at radius 1 is 0.667 bits per heavy atom. The molecule has 2 aromatic heterocycles. The standard InChI is InChI=1S/C30H27N3/c1-2-3-5-8-22-11-13-24(14-12-22)29-20-26(17-18-31-29)30-32-21-27-19-25(15-16-28(27)33-30)23-9-6-4-7-10-23/h4,6-7,9-21H,2-3,5,8H2,1H3. The number of hydrogen-bond donors (Lipinski definition) is 0. The van der Waals surface area contributed by atoms with Crippen LogP contribution in [-0.2, 0) is 6.42 Å². The number of rotatable bonds is 7. The van der Waals surface area contributed by atoms with E-state index in [1.54, 1.807) is 0 Å². The Balaban J connectivity index is 1.40. The first kappa shape index (κ1) is 21.0. The van der Waals surface area contributed by atoms with Crippen LogP contribution in [0.3, 0.4) is 0 Å². The lowest BCUT2D eigenvalue weighted by molar-refractivity contribution is 0.717. The van der Waals surface area contributed by atoms with Crippen LogP contribution in [0.1, 0.15) is 31.7 Å².